The van der Waals surface area contributed by atoms with E-state index in [2.05, 4.69) is 36.3 Å². The number of hydrogen-bond acceptors (Lipinski definition) is 3. The smallest absolute Gasteiger partial charge is 0.335 e. The molecule has 0 aliphatic carbocycles. The quantitative estimate of drug-likeness (QED) is 0.685. The van der Waals surface area contributed by atoms with Crippen LogP contribution >= 0.6 is 0 Å². The third kappa shape index (κ3) is 5.73. The van der Waals surface area contributed by atoms with Gasteiger partial charge in [0.1, 0.15) is 0 Å². The summed E-state index contributed by atoms with van der Waals surface area (Å²) in [6.07, 6.45) is 0. The number of nitrogens with zero attached hydrogens (tertiary/aromatic N) is 1. The second-order valence-electron chi connectivity index (χ2n) is 5.14. The van der Waals surface area contributed by atoms with E-state index in [4.69, 9.17) is 5.11 Å². The molecule has 3 N–H and O–H groups in total. The lowest BCUT2D eigenvalue weighted by Crippen LogP contribution is -2.44. The molecule has 0 bridgehead atoms. The summed E-state index contributed by atoms with van der Waals surface area (Å²) in [6.45, 7) is 9.14. The van der Waals surface area contributed by atoms with Gasteiger partial charge in [-0.2, -0.15) is 0 Å². The monoisotopic (exact) mass is 307 g/mol. The van der Waals surface area contributed by atoms with Crippen molar-refractivity contribution in [3.63, 3.8) is 0 Å². The van der Waals surface area contributed by atoms with Crippen LogP contribution in [-0.2, 0) is 6.54 Å². The Morgan fingerprint density at radius 2 is 1.73 bits per heavy atom. The summed E-state index contributed by atoms with van der Waals surface area (Å²) in [6, 6.07) is 6.51. The van der Waals surface area contributed by atoms with Gasteiger partial charge in [0.15, 0.2) is 0 Å². The number of aromatic carboxylic acids is 1. The van der Waals surface area contributed by atoms with E-state index in [1.165, 1.54) is 12.1 Å². The van der Waals surface area contributed by atoms with E-state index in [0.717, 1.165) is 18.7 Å². The molecule has 0 spiro atoms. The van der Waals surface area contributed by atoms with Gasteiger partial charge >= 0.3 is 12.0 Å². The zero-order chi connectivity index (χ0) is 16.5. The second-order valence-corrected chi connectivity index (χ2v) is 5.14. The van der Waals surface area contributed by atoms with Gasteiger partial charge in [-0.25, -0.2) is 9.59 Å². The Kier molecular flexibility index (Phi) is 7.39. The molecule has 2 amide bonds. The van der Waals surface area contributed by atoms with Crippen LogP contribution in [0.1, 0.15) is 36.7 Å². The van der Waals surface area contributed by atoms with Crippen molar-refractivity contribution in [2.75, 3.05) is 19.6 Å². The fraction of sp³-hybridized carbons (Fsp3) is 0.500. The number of carboxylic acids is 1. The van der Waals surface area contributed by atoms with Crippen molar-refractivity contribution >= 4 is 12.0 Å². The van der Waals surface area contributed by atoms with Gasteiger partial charge in [0.25, 0.3) is 0 Å². The summed E-state index contributed by atoms with van der Waals surface area (Å²) in [5.74, 6) is -0.956. The number of hydrogen-bond donors (Lipinski definition) is 3. The zero-order valence-corrected chi connectivity index (χ0v) is 13.4. The van der Waals surface area contributed by atoms with Gasteiger partial charge in [0.2, 0.25) is 0 Å². The van der Waals surface area contributed by atoms with Crippen LogP contribution in [-0.4, -0.2) is 47.7 Å². The number of carbonyl (C=O) groups is 2. The van der Waals surface area contributed by atoms with Gasteiger partial charge in [-0.3, -0.25) is 4.90 Å². The number of rotatable bonds is 8. The van der Waals surface area contributed by atoms with Crippen molar-refractivity contribution in [2.45, 2.75) is 33.4 Å². The van der Waals surface area contributed by atoms with Gasteiger partial charge in [0, 0.05) is 19.1 Å². The van der Waals surface area contributed by atoms with Crippen molar-refractivity contribution in [3.8, 4) is 0 Å². The van der Waals surface area contributed by atoms with Gasteiger partial charge < -0.3 is 15.7 Å². The minimum absolute atomic E-state index is 0.221. The Hall–Kier alpha value is -2.08. The molecule has 0 fully saturated rings. The first-order valence-electron chi connectivity index (χ1n) is 7.55. The van der Waals surface area contributed by atoms with E-state index in [0.29, 0.717) is 13.1 Å². The van der Waals surface area contributed by atoms with Gasteiger partial charge in [-0.15, -0.1) is 0 Å². The zero-order valence-electron chi connectivity index (χ0n) is 13.4. The number of amides is 2. The fourth-order valence-corrected chi connectivity index (χ4v) is 2.23. The second kappa shape index (κ2) is 9.04. The minimum atomic E-state index is -0.956. The van der Waals surface area contributed by atoms with E-state index in [1.807, 2.05) is 0 Å². The predicted molar refractivity (Wildman–Crippen MR) is 86.0 cm³/mol. The highest BCUT2D eigenvalue weighted by Crippen LogP contribution is 2.04. The first-order valence-corrected chi connectivity index (χ1v) is 7.55. The summed E-state index contributed by atoms with van der Waals surface area (Å²) >= 11 is 0. The molecule has 0 aliphatic rings. The molecule has 0 aliphatic heterocycles. The topological polar surface area (TPSA) is 81.7 Å². The van der Waals surface area contributed by atoms with Gasteiger partial charge in [0.05, 0.1) is 5.56 Å². The number of carboxylic acid groups (broad SMARTS) is 1. The normalized spacial score (nSPS) is 12.0. The third-order valence-corrected chi connectivity index (χ3v) is 3.65. The molecular formula is C16H25N3O3. The van der Waals surface area contributed by atoms with Crippen LogP contribution in [0.3, 0.4) is 0 Å². The van der Waals surface area contributed by atoms with Crippen LogP contribution in [0.15, 0.2) is 24.3 Å². The minimum Gasteiger partial charge on any atom is -0.478 e. The molecular weight excluding hydrogens is 282 g/mol. The maximum Gasteiger partial charge on any atom is 0.335 e. The van der Waals surface area contributed by atoms with Crippen LogP contribution in [0.4, 0.5) is 4.79 Å². The van der Waals surface area contributed by atoms with Crippen LogP contribution in [0.2, 0.25) is 0 Å². The Morgan fingerprint density at radius 3 is 2.23 bits per heavy atom. The average molecular weight is 307 g/mol. The van der Waals surface area contributed by atoms with E-state index >= 15 is 0 Å². The molecule has 0 aromatic heterocycles. The summed E-state index contributed by atoms with van der Waals surface area (Å²) in [4.78, 5) is 24.8. The number of urea groups is 1. The molecule has 0 saturated carbocycles. The number of carbonyl (C=O) groups excluding carboxylic acids is 1. The van der Waals surface area contributed by atoms with E-state index < -0.39 is 5.97 Å². The molecule has 1 aromatic carbocycles. The van der Waals surface area contributed by atoms with Crippen LogP contribution in [0.25, 0.3) is 0 Å². The Balaban J connectivity index is 2.35. The van der Waals surface area contributed by atoms with E-state index in [-0.39, 0.29) is 17.6 Å². The molecule has 1 atom stereocenters. The Bertz CT molecular complexity index is 484. The molecule has 122 valence electrons. The van der Waals surface area contributed by atoms with Gasteiger partial charge in [-0.1, -0.05) is 26.0 Å². The van der Waals surface area contributed by atoms with Crippen molar-refractivity contribution in [1.29, 1.82) is 0 Å². The van der Waals surface area contributed by atoms with Crippen molar-refractivity contribution in [2.24, 2.45) is 0 Å². The lowest BCUT2D eigenvalue weighted by Gasteiger charge is -2.26. The van der Waals surface area contributed by atoms with Crippen molar-refractivity contribution in [3.05, 3.63) is 35.4 Å². The molecule has 1 unspecified atom stereocenters. The van der Waals surface area contributed by atoms with E-state index in [1.54, 1.807) is 12.1 Å². The molecule has 0 radical (unpaired) electrons. The van der Waals surface area contributed by atoms with Crippen molar-refractivity contribution < 1.29 is 14.7 Å². The molecule has 0 saturated heterocycles. The third-order valence-electron chi connectivity index (χ3n) is 3.65. The largest absolute Gasteiger partial charge is 0.478 e. The Labute approximate surface area is 131 Å². The molecule has 1 rings (SSSR count). The Morgan fingerprint density at radius 1 is 1.14 bits per heavy atom. The summed E-state index contributed by atoms with van der Waals surface area (Å²) < 4.78 is 0. The molecule has 6 nitrogen and oxygen atoms in total. The van der Waals surface area contributed by atoms with Crippen LogP contribution < -0.4 is 10.6 Å². The fourth-order valence-electron chi connectivity index (χ4n) is 2.23. The maximum absolute atomic E-state index is 11.8. The first kappa shape index (κ1) is 18.0. The molecule has 6 heteroatoms. The van der Waals surface area contributed by atoms with E-state index in [9.17, 15) is 9.59 Å². The molecule has 22 heavy (non-hydrogen) atoms. The van der Waals surface area contributed by atoms with Crippen LogP contribution in [0, 0.1) is 0 Å². The summed E-state index contributed by atoms with van der Waals surface area (Å²) in [7, 11) is 0. The summed E-state index contributed by atoms with van der Waals surface area (Å²) in [5, 5.41) is 14.4. The summed E-state index contributed by atoms with van der Waals surface area (Å²) in [5.41, 5.74) is 1.10. The molecule has 1 aromatic rings. The average Bonchev–Trinajstić information content (AvgIpc) is 2.52. The highest BCUT2D eigenvalue weighted by molar-refractivity contribution is 5.87. The van der Waals surface area contributed by atoms with Gasteiger partial charge in [-0.05, 0) is 37.7 Å². The van der Waals surface area contributed by atoms with Crippen molar-refractivity contribution in [1.82, 2.24) is 15.5 Å². The molecule has 0 heterocycles. The standard InChI is InChI=1S/C16H25N3O3/c1-4-19(5-2)12(3)10-17-16(22)18-11-13-6-8-14(9-7-13)15(20)21/h6-9,12H,4-5,10-11H2,1-3H3,(H,20,21)(H2,17,18,22). The SMILES string of the molecule is CCN(CC)C(C)CNC(=O)NCc1ccc(C(=O)O)cc1. The van der Waals surface area contributed by atoms with Crippen LogP contribution in [0.5, 0.6) is 0 Å². The first-order chi connectivity index (χ1) is 10.5. The highest BCUT2D eigenvalue weighted by atomic mass is 16.4. The maximum atomic E-state index is 11.8. The number of likely N-dealkylation sites (N-methyl/N-ethyl adjacent to an activating group) is 1. The predicted octanol–water partition coefficient (Wildman–Crippen LogP) is 1.91. The highest BCUT2D eigenvalue weighted by Gasteiger charge is 2.11. The lowest BCUT2D eigenvalue weighted by atomic mass is 10.1. The number of nitrogens with one attached hydrogen (secondary N) is 2. The lowest BCUT2D eigenvalue weighted by molar-refractivity contribution is 0.0697. The number of benzene rings is 1.